The van der Waals surface area contributed by atoms with E-state index in [0.717, 1.165) is 18.4 Å². The number of amides is 2. The number of nitrogens with one attached hydrogen (secondary N) is 1. The van der Waals surface area contributed by atoms with E-state index in [4.69, 9.17) is 4.52 Å². The van der Waals surface area contributed by atoms with Crippen molar-refractivity contribution in [3.8, 4) is 11.1 Å². The number of nitrogens with zero attached hydrogens (tertiary/aromatic N) is 3. The van der Waals surface area contributed by atoms with Crippen LogP contribution < -0.4 is 4.72 Å². The van der Waals surface area contributed by atoms with Crippen LogP contribution in [0, 0.1) is 25.7 Å². The van der Waals surface area contributed by atoms with Gasteiger partial charge in [0.15, 0.2) is 5.82 Å². The summed E-state index contributed by atoms with van der Waals surface area (Å²) in [5.41, 5.74) is 2.72. The molecule has 1 aromatic heterocycles. The van der Waals surface area contributed by atoms with Crippen LogP contribution in [-0.2, 0) is 26.2 Å². The first-order valence-corrected chi connectivity index (χ1v) is 14.5. The van der Waals surface area contributed by atoms with Gasteiger partial charge in [0.2, 0.25) is 11.8 Å². The van der Waals surface area contributed by atoms with Crippen molar-refractivity contribution in [3.63, 3.8) is 0 Å². The van der Waals surface area contributed by atoms with Gasteiger partial charge in [-0.25, -0.2) is 8.42 Å². The van der Waals surface area contributed by atoms with Gasteiger partial charge in [-0.3, -0.25) is 14.3 Å². The van der Waals surface area contributed by atoms with Gasteiger partial charge in [0.1, 0.15) is 11.8 Å². The van der Waals surface area contributed by atoms with E-state index < -0.39 is 16.1 Å². The molecule has 0 spiro atoms. The van der Waals surface area contributed by atoms with E-state index in [9.17, 15) is 18.0 Å². The monoisotopic (exact) mass is 552 g/mol. The normalized spacial score (nSPS) is 14.2. The molecule has 0 unspecified atom stereocenters. The van der Waals surface area contributed by atoms with Crippen molar-refractivity contribution in [3.05, 3.63) is 65.4 Å². The maximum absolute atomic E-state index is 13.3. The third kappa shape index (κ3) is 6.16. The first kappa shape index (κ1) is 28.4. The maximum Gasteiger partial charge on any atom is 0.263 e. The van der Waals surface area contributed by atoms with Crippen LogP contribution in [0.4, 0.5) is 5.82 Å². The molecular weight excluding hydrogens is 516 g/mol. The Labute approximate surface area is 230 Å². The molecule has 1 heterocycles. The lowest BCUT2D eigenvalue weighted by atomic mass is 9.98. The largest absolute Gasteiger partial charge is 0.359 e. The predicted molar refractivity (Wildman–Crippen MR) is 149 cm³/mol. The molecule has 1 aliphatic rings. The Hall–Kier alpha value is -3.66. The quantitative estimate of drug-likeness (QED) is 0.393. The van der Waals surface area contributed by atoms with Crippen LogP contribution in [0.25, 0.3) is 11.1 Å². The third-order valence-corrected chi connectivity index (χ3v) is 8.45. The van der Waals surface area contributed by atoms with Crippen molar-refractivity contribution in [2.45, 2.75) is 58.0 Å². The van der Waals surface area contributed by atoms with Crippen LogP contribution in [0.15, 0.2) is 57.9 Å². The van der Waals surface area contributed by atoms with Crippen LogP contribution in [-0.4, -0.2) is 55.3 Å². The van der Waals surface area contributed by atoms with Crippen molar-refractivity contribution in [1.82, 2.24) is 15.0 Å². The van der Waals surface area contributed by atoms with Gasteiger partial charge >= 0.3 is 0 Å². The fourth-order valence-electron chi connectivity index (χ4n) is 4.54. The van der Waals surface area contributed by atoms with E-state index in [-0.39, 0.29) is 34.4 Å². The third-order valence-electron chi connectivity index (χ3n) is 7.05. The molecule has 208 valence electrons. The maximum atomic E-state index is 13.3. The summed E-state index contributed by atoms with van der Waals surface area (Å²) in [4.78, 5) is 29.7. The molecule has 1 saturated carbocycles. The molecule has 9 nitrogen and oxygen atoms in total. The lowest BCUT2D eigenvalue weighted by Crippen LogP contribution is -2.52. The summed E-state index contributed by atoms with van der Waals surface area (Å²) in [7, 11) is -0.538. The SMILES string of the molecule is Cc1onc(NS(=O)(=O)c2ccccc2-c2ccc(CN(C(=O)C3CC3)[C@H](C(=O)N(C)C)C(C)C)cc2)c1C. The van der Waals surface area contributed by atoms with E-state index in [1.54, 1.807) is 57.1 Å². The van der Waals surface area contributed by atoms with E-state index in [1.807, 2.05) is 38.1 Å². The molecule has 1 aliphatic carbocycles. The van der Waals surface area contributed by atoms with E-state index >= 15 is 0 Å². The van der Waals surface area contributed by atoms with E-state index in [0.29, 0.717) is 29.0 Å². The molecule has 2 aromatic carbocycles. The van der Waals surface area contributed by atoms with Crippen molar-refractivity contribution in [2.75, 3.05) is 18.8 Å². The molecule has 0 saturated heterocycles. The van der Waals surface area contributed by atoms with Crippen molar-refractivity contribution in [1.29, 1.82) is 0 Å². The first-order chi connectivity index (χ1) is 18.4. The number of aryl methyl sites for hydroxylation is 1. The fraction of sp³-hybridized carbons (Fsp3) is 0.414. The minimum atomic E-state index is -3.95. The highest BCUT2D eigenvalue weighted by atomic mass is 32.2. The van der Waals surface area contributed by atoms with Crippen molar-refractivity contribution < 1.29 is 22.5 Å². The molecule has 39 heavy (non-hydrogen) atoms. The number of likely N-dealkylation sites (N-methyl/N-ethyl adjacent to an activating group) is 1. The molecule has 0 aliphatic heterocycles. The van der Waals surface area contributed by atoms with Crippen LogP contribution in [0.1, 0.15) is 43.6 Å². The molecule has 1 atom stereocenters. The molecule has 10 heteroatoms. The predicted octanol–water partition coefficient (Wildman–Crippen LogP) is 4.61. The highest BCUT2D eigenvalue weighted by Gasteiger charge is 2.40. The summed E-state index contributed by atoms with van der Waals surface area (Å²) >= 11 is 0. The van der Waals surface area contributed by atoms with Gasteiger partial charge in [0.05, 0.1) is 4.90 Å². The van der Waals surface area contributed by atoms with Gasteiger partial charge in [0.25, 0.3) is 10.0 Å². The molecule has 1 fully saturated rings. The number of anilines is 1. The Balaban J connectivity index is 1.62. The number of aromatic nitrogens is 1. The minimum absolute atomic E-state index is 0.00822. The number of hydrogen-bond acceptors (Lipinski definition) is 6. The Morgan fingerprint density at radius 2 is 1.69 bits per heavy atom. The Kier molecular flexibility index (Phi) is 8.15. The number of hydrogen-bond donors (Lipinski definition) is 1. The topological polar surface area (TPSA) is 113 Å². The zero-order chi connectivity index (χ0) is 28.5. The van der Waals surface area contributed by atoms with Crippen molar-refractivity contribution in [2.24, 2.45) is 11.8 Å². The van der Waals surface area contributed by atoms with Gasteiger partial charge < -0.3 is 14.3 Å². The summed E-state index contributed by atoms with van der Waals surface area (Å²) in [6.07, 6.45) is 1.70. The first-order valence-electron chi connectivity index (χ1n) is 13.1. The zero-order valence-corrected chi connectivity index (χ0v) is 24.1. The molecular formula is C29H36N4O5S. The highest BCUT2D eigenvalue weighted by molar-refractivity contribution is 7.92. The van der Waals surface area contributed by atoms with Crippen molar-refractivity contribution >= 4 is 27.7 Å². The summed E-state index contributed by atoms with van der Waals surface area (Å²) in [6, 6.07) is 13.6. The number of benzene rings is 2. The average molecular weight is 553 g/mol. The van der Waals surface area contributed by atoms with Crippen LogP contribution in [0.5, 0.6) is 0 Å². The summed E-state index contributed by atoms with van der Waals surface area (Å²) < 4.78 is 34.2. The molecule has 4 rings (SSSR count). The number of carbonyl (C=O) groups is 2. The Morgan fingerprint density at radius 1 is 1.05 bits per heavy atom. The summed E-state index contributed by atoms with van der Waals surface area (Å²) in [6.45, 7) is 7.66. The zero-order valence-electron chi connectivity index (χ0n) is 23.3. The lowest BCUT2D eigenvalue weighted by molar-refractivity contribution is -0.147. The minimum Gasteiger partial charge on any atom is -0.359 e. The molecule has 1 N–H and O–H groups in total. The fourth-order valence-corrected chi connectivity index (χ4v) is 5.83. The van der Waals surface area contributed by atoms with Gasteiger partial charge in [-0.2, -0.15) is 0 Å². The van der Waals surface area contributed by atoms with Crippen LogP contribution in [0.3, 0.4) is 0 Å². The summed E-state index contributed by atoms with van der Waals surface area (Å²) in [5, 5.41) is 3.82. The average Bonchev–Trinajstić information content (AvgIpc) is 3.70. The lowest BCUT2D eigenvalue weighted by Gasteiger charge is -2.35. The second kappa shape index (κ2) is 11.2. The molecule has 0 bridgehead atoms. The van der Waals surface area contributed by atoms with Gasteiger partial charge in [-0.15, -0.1) is 0 Å². The Bertz CT molecular complexity index is 1460. The standard InChI is InChI=1S/C29H36N4O5S/c1-18(2)26(29(35)32(5)6)33(28(34)23-15-16-23)17-21-11-13-22(14-12-21)24-9-7-8-10-25(24)39(36,37)31-27-19(3)20(4)38-30-27/h7-14,18,23,26H,15-17H2,1-6H3,(H,30,31)/t26-/m0/s1. The molecule has 2 amide bonds. The van der Waals surface area contributed by atoms with Gasteiger partial charge in [0, 0.05) is 37.7 Å². The van der Waals surface area contributed by atoms with E-state index in [2.05, 4.69) is 9.88 Å². The van der Waals surface area contributed by atoms with Crippen LogP contribution >= 0.6 is 0 Å². The van der Waals surface area contributed by atoms with Gasteiger partial charge in [-0.1, -0.05) is 61.5 Å². The number of carbonyl (C=O) groups excluding carboxylic acids is 2. The smallest absolute Gasteiger partial charge is 0.263 e. The number of sulfonamides is 1. The second-order valence-corrected chi connectivity index (χ2v) is 12.3. The Morgan fingerprint density at radius 3 is 2.23 bits per heavy atom. The van der Waals surface area contributed by atoms with Crippen LogP contribution in [0.2, 0.25) is 0 Å². The summed E-state index contributed by atoms with van der Waals surface area (Å²) in [5.74, 6) is 0.530. The second-order valence-electron chi connectivity index (χ2n) is 10.7. The highest BCUT2D eigenvalue weighted by Crippen LogP contribution is 2.34. The van der Waals surface area contributed by atoms with E-state index in [1.165, 1.54) is 4.90 Å². The van der Waals surface area contributed by atoms with Gasteiger partial charge in [-0.05, 0) is 49.8 Å². The molecule has 0 radical (unpaired) electrons. The molecule has 3 aromatic rings. The number of rotatable bonds is 10.